The number of hydrogen-bond acceptors (Lipinski definition) is 3. The average molecular weight is 169 g/mol. The van der Waals surface area contributed by atoms with E-state index in [9.17, 15) is 4.79 Å². The van der Waals surface area contributed by atoms with Gasteiger partial charge in [0, 0.05) is 0 Å². The van der Waals surface area contributed by atoms with Crippen molar-refractivity contribution in [3.05, 3.63) is 23.7 Å². The zero-order valence-corrected chi connectivity index (χ0v) is 6.78. The summed E-state index contributed by atoms with van der Waals surface area (Å²) in [5, 5.41) is 8.52. The van der Waals surface area contributed by atoms with E-state index in [1.54, 1.807) is 6.07 Å². The highest BCUT2D eigenvalue weighted by molar-refractivity contribution is 5.84. The molecule has 66 valence electrons. The highest BCUT2D eigenvalue weighted by Gasteiger charge is 2.12. The van der Waals surface area contributed by atoms with Crippen molar-refractivity contribution in [3.8, 4) is 0 Å². The van der Waals surface area contributed by atoms with E-state index in [0.717, 1.165) is 6.42 Å². The van der Waals surface area contributed by atoms with E-state index >= 15 is 0 Å². The van der Waals surface area contributed by atoms with Crippen LogP contribution < -0.4 is 5.73 Å². The van der Waals surface area contributed by atoms with Crippen LogP contribution in [0, 0.1) is 0 Å². The molecule has 0 radical (unpaired) electrons. The third-order valence-electron chi connectivity index (χ3n) is 1.64. The molecular weight excluding hydrogens is 158 g/mol. The molecule has 1 heterocycles. The van der Waals surface area contributed by atoms with Crippen molar-refractivity contribution in [2.45, 2.75) is 19.4 Å². The van der Waals surface area contributed by atoms with Gasteiger partial charge in [0.25, 0.3) is 0 Å². The van der Waals surface area contributed by atoms with Gasteiger partial charge in [-0.3, -0.25) is 0 Å². The van der Waals surface area contributed by atoms with Crippen LogP contribution in [0.2, 0.25) is 0 Å². The summed E-state index contributed by atoms with van der Waals surface area (Å²) < 4.78 is 4.97. The first-order valence-corrected chi connectivity index (χ1v) is 3.73. The van der Waals surface area contributed by atoms with E-state index in [0.29, 0.717) is 5.76 Å². The topological polar surface area (TPSA) is 76.5 Å². The van der Waals surface area contributed by atoms with E-state index in [4.69, 9.17) is 15.3 Å². The molecule has 0 saturated heterocycles. The predicted molar refractivity (Wildman–Crippen MR) is 42.9 cm³/mol. The average Bonchev–Trinajstić information content (AvgIpc) is 2.51. The third-order valence-corrected chi connectivity index (χ3v) is 1.64. The van der Waals surface area contributed by atoms with Crippen LogP contribution in [0.5, 0.6) is 0 Å². The standard InChI is InChI=1S/C8H11NO3/c1-2-5(9)6-3-4-7(12-6)8(10)11/h3-5H,2,9H2,1H3,(H,10,11)/t5-/m1/s1. The summed E-state index contributed by atoms with van der Waals surface area (Å²) in [7, 11) is 0. The molecule has 0 aromatic carbocycles. The Morgan fingerprint density at radius 2 is 2.42 bits per heavy atom. The van der Waals surface area contributed by atoms with Gasteiger partial charge in [-0.1, -0.05) is 6.92 Å². The predicted octanol–water partition coefficient (Wildman–Crippen LogP) is 1.39. The maximum atomic E-state index is 10.4. The van der Waals surface area contributed by atoms with E-state index in [-0.39, 0.29) is 11.8 Å². The highest BCUT2D eigenvalue weighted by Crippen LogP contribution is 2.16. The van der Waals surface area contributed by atoms with E-state index in [1.165, 1.54) is 6.07 Å². The fourth-order valence-electron chi connectivity index (χ4n) is 0.868. The summed E-state index contributed by atoms with van der Waals surface area (Å²) in [6.07, 6.45) is 0.729. The monoisotopic (exact) mass is 169 g/mol. The smallest absolute Gasteiger partial charge is 0.371 e. The van der Waals surface area contributed by atoms with E-state index < -0.39 is 5.97 Å². The number of furan rings is 1. The Hall–Kier alpha value is -1.29. The van der Waals surface area contributed by atoms with Crippen LogP contribution in [-0.4, -0.2) is 11.1 Å². The van der Waals surface area contributed by atoms with Crippen LogP contribution >= 0.6 is 0 Å². The SMILES string of the molecule is CC[C@@H](N)c1ccc(C(=O)O)o1. The molecule has 4 heteroatoms. The zero-order chi connectivity index (χ0) is 9.14. The molecule has 0 bridgehead atoms. The second-order valence-electron chi connectivity index (χ2n) is 2.52. The van der Waals surface area contributed by atoms with Crippen molar-refractivity contribution >= 4 is 5.97 Å². The van der Waals surface area contributed by atoms with Gasteiger partial charge >= 0.3 is 5.97 Å². The van der Waals surface area contributed by atoms with Gasteiger partial charge in [0.15, 0.2) is 0 Å². The van der Waals surface area contributed by atoms with Gasteiger partial charge < -0.3 is 15.3 Å². The van der Waals surface area contributed by atoms with Crippen LogP contribution in [0.1, 0.15) is 35.7 Å². The lowest BCUT2D eigenvalue weighted by Crippen LogP contribution is -2.07. The third kappa shape index (κ3) is 1.65. The Bertz CT molecular complexity index is 280. The molecule has 0 aliphatic carbocycles. The minimum Gasteiger partial charge on any atom is -0.475 e. The quantitative estimate of drug-likeness (QED) is 0.716. The number of nitrogens with two attached hydrogens (primary N) is 1. The van der Waals surface area contributed by atoms with Crippen molar-refractivity contribution in [3.63, 3.8) is 0 Å². The first kappa shape index (κ1) is 8.80. The molecule has 0 amide bonds. The molecule has 0 fully saturated rings. The van der Waals surface area contributed by atoms with Crippen LogP contribution in [0.25, 0.3) is 0 Å². The lowest BCUT2D eigenvalue weighted by atomic mass is 10.2. The molecule has 1 aromatic rings. The molecule has 0 unspecified atom stereocenters. The van der Waals surface area contributed by atoms with Crippen molar-refractivity contribution in [2.24, 2.45) is 5.73 Å². The Kier molecular flexibility index (Phi) is 2.50. The first-order chi connectivity index (χ1) is 5.65. The fraction of sp³-hybridized carbons (Fsp3) is 0.375. The number of rotatable bonds is 3. The second-order valence-corrected chi connectivity index (χ2v) is 2.52. The van der Waals surface area contributed by atoms with E-state index in [2.05, 4.69) is 0 Å². The maximum absolute atomic E-state index is 10.4. The molecule has 1 rings (SSSR count). The van der Waals surface area contributed by atoms with Crippen LogP contribution in [0.3, 0.4) is 0 Å². The summed E-state index contributed by atoms with van der Waals surface area (Å²) in [4.78, 5) is 10.4. The molecular formula is C8H11NO3. The molecule has 1 aromatic heterocycles. The zero-order valence-electron chi connectivity index (χ0n) is 6.78. The largest absolute Gasteiger partial charge is 0.475 e. The van der Waals surface area contributed by atoms with Gasteiger partial charge in [-0.25, -0.2) is 4.79 Å². The normalized spacial score (nSPS) is 12.8. The molecule has 0 spiro atoms. The molecule has 4 nitrogen and oxygen atoms in total. The molecule has 0 aliphatic rings. The Labute approximate surface area is 70.0 Å². The van der Waals surface area contributed by atoms with Crippen LogP contribution in [0.15, 0.2) is 16.5 Å². The minimum atomic E-state index is -1.07. The number of carbonyl (C=O) groups is 1. The van der Waals surface area contributed by atoms with Gasteiger partial charge in [-0.05, 0) is 18.6 Å². The van der Waals surface area contributed by atoms with Gasteiger partial charge in [-0.2, -0.15) is 0 Å². The Morgan fingerprint density at radius 3 is 2.83 bits per heavy atom. The Morgan fingerprint density at radius 1 is 1.75 bits per heavy atom. The number of carboxylic acid groups (broad SMARTS) is 1. The molecule has 0 aliphatic heterocycles. The number of aromatic carboxylic acids is 1. The summed E-state index contributed by atoms with van der Waals surface area (Å²) in [6, 6.07) is 2.79. The van der Waals surface area contributed by atoms with Gasteiger partial charge in [0.05, 0.1) is 6.04 Å². The first-order valence-electron chi connectivity index (χ1n) is 3.73. The van der Waals surface area contributed by atoms with Crippen molar-refractivity contribution in [1.82, 2.24) is 0 Å². The van der Waals surface area contributed by atoms with Gasteiger partial charge in [0.1, 0.15) is 5.76 Å². The summed E-state index contributed by atoms with van der Waals surface area (Å²) >= 11 is 0. The molecule has 0 saturated carbocycles. The van der Waals surface area contributed by atoms with E-state index in [1.807, 2.05) is 6.92 Å². The van der Waals surface area contributed by atoms with Crippen molar-refractivity contribution in [1.29, 1.82) is 0 Å². The highest BCUT2D eigenvalue weighted by atomic mass is 16.4. The summed E-state index contributed by atoms with van der Waals surface area (Å²) in [5.41, 5.74) is 5.62. The molecule has 12 heavy (non-hydrogen) atoms. The summed E-state index contributed by atoms with van der Waals surface area (Å²) in [5.74, 6) is -0.603. The lowest BCUT2D eigenvalue weighted by molar-refractivity contribution is 0.0659. The second kappa shape index (κ2) is 3.40. The molecule has 1 atom stereocenters. The van der Waals surface area contributed by atoms with Crippen molar-refractivity contribution in [2.75, 3.05) is 0 Å². The fourth-order valence-corrected chi connectivity index (χ4v) is 0.868. The molecule has 3 N–H and O–H groups in total. The van der Waals surface area contributed by atoms with Crippen molar-refractivity contribution < 1.29 is 14.3 Å². The minimum absolute atomic E-state index is 0.0612. The Balaban J connectivity index is 2.84. The number of hydrogen-bond donors (Lipinski definition) is 2. The summed E-state index contributed by atoms with van der Waals surface area (Å²) in [6.45, 7) is 1.91. The number of carboxylic acids is 1. The maximum Gasteiger partial charge on any atom is 0.371 e. The lowest BCUT2D eigenvalue weighted by Gasteiger charge is -2.02. The van der Waals surface area contributed by atoms with Gasteiger partial charge in [-0.15, -0.1) is 0 Å². The van der Waals surface area contributed by atoms with Crippen LogP contribution in [-0.2, 0) is 0 Å². The van der Waals surface area contributed by atoms with Gasteiger partial charge in [0.2, 0.25) is 5.76 Å². The van der Waals surface area contributed by atoms with Crippen LogP contribution in [0.4, 0.5) is 0 Å².